The average Bonchev–Trinajstić information content (AvgIpc) is 1.88. The van der Waals surface area contributed by atoms with Gasteiger partial charge in [-0.25, -0.2) is 0 Å². The van der Waals surface area contributed by atoms with Crippen molar-refractivity contribution in [3.63, 3.8) is 0 Å². The van der Waals surface area contributed by atoms with Crippen molar-refractivity contribution >= 4 is 39.9 Å². The summed E-state index contributed by atoms with van der Waals surface area (Å²) in [5.74, 6) is 0. The Hall–Kier alpha value is 0.830. The molecule has 61 valence electrons. The minimum atomic E-state index is -3.97. The Balaban J connectivity index is 0.000001000. The molecule has 1 radical (unpaired) electrons. The molecule has 0 amide bonds. The van der Waals surface area contributed by atoms with Gasteiger partial charge in [-0.3, -0.25) is 4.55 Å². The molecule has 1 fully saturated rings. The molecule has 0 spiro atoms. The van der Waals surface area contributed by atoms with Crippen molar-refractivity contribution < 1.29 is 17.7 Å². The van der Waals surface area contributed by atoms with Crippen LogP contribution in [0, 0.1) is 0 Å². The fourth-order valence-electron chi connectivity index (χ4n) is 0.777. The normalized spacial score (nSPS) is 20.8. The van der Waals surface area contributed by atoms with Crippen LogP contribution in [-0.2, 0) is 15.0 Å². The van der Waals surface area contributed by atoms with Crippen LogP contribution in [0.2, 0.25) is 0 Å². The number of hydrogen-bond acceptors (Lipinski definition) is 3. The molecule has 7 heteroatoms. The fourth-order valence-corrected chi connectivity index (χ4v) is 1.39. The van der Waals surface area contributed by atoms with Crippen molar-refractivity contribution in [2.75, 3.05) is 26.3 Å². The maximum absolute atomic E-state index is 10.4. The molecule has 1 heterocycles. The predicted octanol–water partition coefficient (Wildman–Crippen LogP) is -1.26. The molecule has 1 aliphatic heterocycles. The van der Waals surface area contributed by atoms with E-state index in [-0.39, 0.29) is 42.6 Å². The van der Waals surface area contributed by atoms with E-state index in [9.17, 15) is 8.42 Å². The first-order chi connectivity index (χ1) is 4.61. The number of hydrogen-bond donors (Lipinski definition) is 1. The summed E-state index contributed by atoms with van der Waals surface area (Å²) in [5, 5.41) is 0. The minimum Gasteiger partial charge on any atom is -0.379 e. The molecule has 1 rings (SSSR count). The van der Waals surface area contributed by atoms with Crippen LogP contribution in [0.4, 0.5) is 0 Å². The molecule has 11 heavy (non-hydrogen) atoms. The molecule has 1 aliphatic rings. The van der Waals surface area contributed by atoms with E-state index in [0.717, 1.165) is 4.31 Å². The maximum atomic E-state index is 10.4. The van der Waals surface area contributed by atoms with Gasteiger partial charge in [-0.15, -0.1) is 0 Å². The summed E-state index contributed by atoms with van der Waals surface area (Å²) in [4.78, 5) is 0. The van der Waals surface area contributed by atoms with Gasteiger partial charge in [-0.1, -0.05) is 0 Å². The molecule has 0 atom stereocenters. The third-order valence-electron chi connectivity index (χ3n) is 1.30. The Morgan fingerprint density at radius 1 is 1.27 bits per heavy atom. The summed E-state index contributed by atoms with van der Waals surface area (Å²) >= 11 is 0. The van der Waals surface area contributed by atoms with Crippen LogP contribution in [0.3, 0.4) is 0 Å². The molecule has 1 saturated heterocycles. The van der Waals surface area contributed by atoms with E-state index >= 15 is 0 Å². The predicted molar refractivity (Wildman–Crippen MR) is 39.7 cm³/mol. The van der Waals surface area contributed by atoms with E-state index in [0.29, 0.717) is 13.2 Å². The summed E-state index contributed by atoms with van der Waals surface area (Å²) in [5.41, 5.74) is 0. The Morgan fingerprint density at radius 2 is 1.73 bits per heavy atom. The molecule has 0 unspecified atom stereocenters. The van der Waals surface area contributed by atoms with Gasteiger partial charge in [0.25, 0.3) is 0 Å². The fraction of sp³-hybridized carbons (Fsp3) is 1.00. The number of rotatable bonds is 1. The van der Waals surface area contributed by atoms with Crippen molar-refractivity contribution in [2.45, 2.75) is 0 Å². The van der Waals surface area contributed by atoms with E-state index in [1.807, 2.05) is 0 Å². The third kappa shape index (κ3) is 3.84. The molecule has 5 nitrogen and oxygen atoms in total. The summed E-state index contributed by atoms with van der Waals surface area (Å²) in [6.07, 6.45) is 0. The Bertz CT molecular complexity index is 198. The van der Waals surface area contributed by atoms with Gasteiger partial charge in [0.2, 0.25) is 0 Å². The second-order valence-electron chi connectivity index (χ2n) is 1.99. The van der Waals surface area contributed by atoms with Crippen LogP contribution in [0.1, 0.15) is 0 Å². The van der Waals surface area contributed by atoms with Crippen molar-refractivity contribution in [1.29, 1.82) is 0 Å². The van der Waals surface area contributed by atoms with Crippen molar-refractivity contribution in [1.82, 2.24) is 4.31 Å². The molecular formula is C4H9NNaO4S. The SMILES string of the molecule is O=S(=O)(O)N1CCOCC1.[Na]. The first kappa shape index (κ1) is 11.8. The molecule has 0 aromatic heterocycles. The largest absolute Gasteiger partial charge is 0.379 e. The number of ether oxygens (including phenoxy) is 1. The van der Waals surface area contributed by atoms with Crippen LogP contribution < -0.4 is 0 Å². The van der Waals surface area contributed by atoms with Crippen LogP contribution >= 0.6 is 0 Å². The van der Waals surface area contributed by atoms with Gasteiger partial charge in [0.05, 0.1) is 13.2 Å². The van der Waals surface area contributed by atoms with Gasteiger partial charge in [0.1, 0.15) is 0 Å². The molecule has 0 aromatic carbocycles. The Kier molecular flexibility index (Phi) is 5.12. The van der Waals surface area contributed by atoms with Gasteiger partial charge >= 0.3 is 10.3 Å². The average molecular weight is 190 g/mol. The van der Waals surface area contributed by atoms with E-state index in [2.05, 4.69) is 0 Å². The maximum Gasteiger partial charge on any atom is 0.336 e. The smallest absolute Gasteiger partial charge is 0.336 e. The summed E-state index contributed by atoms with van der Waals surface area (Å²) in [6.45, 7) is 1.22. The summed E-state index contributed by atoms with van der Waals surface area (Å²) in [7, 11) is -3.97. The zero-order valence-corrected chi connectivity index (χ0v) is 9.17. The van der Waals surface area contributed by atoms with E-state index < -0.39 is 10.3 Å². The van der Waals surface area contributed by atoms with Gasteiger partial charge in [-0.2, -0.15) is 12.7 Å². The molecule has 0 aliphatic carbocycles. The first-order valence-corrected chi connectivity index (χ1v) is 4.31. The zero-order chi connectivity index (χ0) is 7.61. The van der Waals surface area contributed by atoms with Crippen molar-refractivity contribution in [2.24, 2.45) is 0 Å². The Labute approximate surface area is 87.9 Å². The third-order valence-corrected chi connectivity index (χ3v) is 2.31. The monoisotopic (exact) mass is 190 g/mol. The van der Waals surface area contributed by atoms with E-state index in [4.69, 9.17) is 9.29 Å². The van der Waals surface area contributed by atoms with E-state index in [1.54, 1.807) is 0 Å². The first-order valence-electron chi connectivity index (χ1n) is 2.91. The van der Waals surface area contributed by atoms with Gasteiger partial charge in [-0.05, 0) is 0 Å². The van der Waals surface area contributed by atoms with Crippen LogP contribution in [0.25, 0.3) is 0 Å². The summed E-state index contributed by atoms with van der Waals surface area (Å²) in [6, 6.07) is 0. The van der Waals surface area contributed by atoms with Crippen molar-refractivity contribution in [3.8, 4) is 0 Å². The second kappa shape index (κ2) is 4.76. The number of morpholine rings is 1. The van der Waals surface area contributed by atoms with Gasteiger partial charge in [0, 0.05) is 42.6 Å². The topological polar surface area (TPSA) is 66.8 Å². The second-order valence-corrected chi connectivity index (χ2v) is 3.40. The quantitative estimate of drug-likeness (QED) is 0.414. The number of nitrogens with zero attached hydrogens (tertiary/aromatic N) is 1. The van der Waals surface area contributed by atoms with Crippen LogP contribution in [-0.4, -0.2) is 73.1 Å². The molecule has 0 aromatic rings. The molecule has 1 N–H and O–H groups in total. The Morgan fingerprint density at radius 3 is 2.00 bits per heavy atom. The zero-order valence-electron chi connectivity index (χ0n) is 6.36. The molecule has 0 saturated carbocycles. The van der Waals surface area contributed by atoms with Crippen molar-refractivity contribution in [3.05, 3.63) is 0 Å². The molecular weight excluding hydrogens is 181 g/mol. The van der Waals surface area contributed by atoms with Crippen LogP contribution in [0.5, 0.6) is 0 Å². The van der Waals surface area contributed by atoms with Gasteiger partial charge < -0.3 is 4.74 Å². The van der Waals surface area contributed by atoms with E-state index in [1.165, 1.54) is 0 Å². The molecule has 0 bridgehead atoms. The van der Waals surface area contributed by atoms with Crippen LogP contribution in [0.15, 0.2) is 0 Å². The van der Waals surface area contributed by atoms with Gasteiger partial charge in [0.15, 0.2) is 0 Å². The standard InChI is InChI=1S/C4H9NO4S.Na/c6-10(7,8)5-1-3-9-4-2-5;/h1-4H2,(H,6,7,8);. The minimum absolute atomic E-state index is 0. The summed E-state index contributed by atoms with van der Waals surface area (Å²) < 4.78 is 35.2.